The number of carboxylic acids is 1. The van der Waals surface area contributed by atoms with Gasteiger partial charge in [-0.25, -0.2) is 0 Å². The van der Waals surface area contributed by atoms with Crippen molar-refractivity contribution in [3.05, 3.63) is 35.4 Å². The SMILES string of the molecule is COc1ccc(C(C)C)cc1/C(C)=C/CCC(=O)O. The zero-order valence-corrected chi connectivity index (χ0v) is 12.1. The summed E-state index contributed by atoms with van der Waals surface area (Å²) >= 11 is 0. The molecule has 0 radical (unpaired) electrons. The molecule has 0 saturated heterocycles. The second kappa shape index (κ2) is 6.98. The maximum absolute atomic E-state index is 10.5. The molecule has 1 aromatic rings. The van der Waals surface area contributed by atoms with E-state index in [1.807, 2.05) is 19.1 Å². The summed E-state index contributed by atoms with van der Waals surface area (Å²) in [5.41, 5.74) is 3.35. The minimum absolute atomic E-state index is 0.156. The molecule has 3 nitrogen and oxygen atoms in total. The van der Waals surface area contributed by atoms with Gasteiger partial charge in [-0.1, -0.05) is 26.0 Å². The van der Waals surface area contributed by atoms with Gasteiger partial charge in [-0.15, -0.1) is 0 Å². The number of hydrogen-bond acceptors (Lipinski definition) is 2. The monoisotopic (exact) mass is 262 g/mol. The molecular weight excluding hydrogens is 240 g/mol. The number of allylic oxidation sites excluding steroid dienone is 2. The lowest BCUT2D eigenvalue weighted by Crippen LogP contribution is -1.95. The van der Waals surface area contributed by atoms with Crippen LogP contribution in [-0.2, 0) is 4.79 Å². The van der Waals surface area contributed by atoms with Gasteiger partial charge in [0.25, 0.3) is 0 Å². The van der Waals surface area contributed by atoms with Crippen molar-refractivity contribution < 1.29 is 14.6 Å². The van der Waals surface area contributed by atoms with E-state index in [-0.39, 0.29) is 6.42 Å². The van der Waals surface area contributed by atoms with Crippen LogP contribution in [0.2, 0.25) is 0 Å². The maximum Gasteiger partial charge on any atom is 0.303 e. The number of benzene rings is 1. The summed E-state index contributed by atoms with van der Waals surface area (Å²) in [6, 6.07) is 6.16. The molecule has 0 bridgehead atoms. The van der Waals surface area contributed by atoms with Crippen molar-refractivity contribution in [2.45, 2.75) is 39.5 Å². The molecular formula is C16H22O3. The van der Waals surface area contributed by atoms with Crippen LogP contribution in [0.4, 0.5) is 0 Å². The van der Waals surface area contributed by atoms with Crippen LogP contribution in [0.1, 0.15) is 50.7 Å². The summed E-state index contributed by atoms with van der Waals surface area (Å²) in [4.78, 5) is 10.5. The molecule has 3 heteroatoms. The fourth-order valence-electron chi connectivity index (χ4n) is 1.91. The topological polar surface area (TPSA) is 46.5 Å². The Kier molecular flexibility index (Phi) is 5.61. The Hall–Kier alpha value is -1.77. The van der Waals surface area contributed by atoms with Gasteiger partial charge in [0.15, 0.2) is 0 Å². The highest BCUT2D eigenvalue weighted by Gasteiger charge is 2.08. The normalized spacial score (nSPS) is 11.7. The van der Waals surface area contributed by atoms with E-state index < -0.39 is 5.97 Å². The third-order valence-electron chi connectivity index (χ3n) is 3.12. The molecule has 0 amide bonds. The Morgan fingerprint density at radius 1 is 1.42 bits per heavy atom. The van der Waals surface area contributed by atoms with Crippen LogP contribution >= 0.6 is 0 Å². The first kappa shape index (κ1) is 15.3. The zero-order valence-electron chi connectivity index (χ0n) is 12.1. The van der Waals surface area contributed by atoms with E-state index in [4.69, 9.17) is 9.84 Å². The lowest BCUT2D eigenvalue weighted by molar-refractivity contribution is -0.136. The molecule has 104 valence electrons. The van der Waals surface area contributed by atoms with Crippen molar-refractivity contribution in [1.82, 2.24) is 0 Å². The van der Waals surface area contributed by atoms with E-state index in [0.717, 1.165) is 16.9 Å². The standard InChI is InChI=1S/C16H22O3/c1-11(2)13-8-9-15(19-4)14(10-13)12(3)6-5-7-16(17)18/h6,8-11H,5,7H2,1-4H3,(H,17,18)/b12-6+. The first-order valence-corrected chi connectivity index (χ1v) is 6.52. The molecule has 0 heterocycles. The second-order valence-corrected chi connectivity index (χ2v) is 4.93. The van der Waals surface area contributed by atoms with Crippen LogP contribution in [0, 0.1) is 0 Å². The molecule has 1 rings (SSSR count). The van der Waals surface area contributed by atoms with Gasteiger partial charge in [0.2, 0.25) is 0 Å². The van der Waals surface area contributed by atoms with Crippen molar-refractivity contribution in [2.75, 3.05) is 7.11 Å². The predicted octanol–water partition coefficient (Wildman–Crippen LogP) is 4.09. The van der Waals surface area contributed by atoms with Crippen LogP contribution in [0.3, 0.4) is 0 Å². The zero-order chi connectivity index (χ0) is 14.4. The Morgan fingerprint density at radius 2 is 2.11 bits per heavy atom. The third kappa shape index (κ3) is 4.43. The number of methoxy groups -OCH3 is 1. The van der Waals surface area contributed by atoms with Gasteiger partial charge < -0.3 is 9.84 Å². The molecule has 0 spiro atoms. The van der Waals surface area contributed by atoms with Crippen molar-refractivity contribution in [2.24, 2.45) is 0 Å². The lowest BCUT2D eigenvalue weighted by Gasteiger charge is -2.13. The molecule has 0 unspecified atom stereocenters. The third-order valence-corrected chi connectivity index (χ3v) is 3.12. The van der Waals surface area contributed by atoms with Gasteiger partial charge >= 0.3 is 5.97 Å². The van der Waals surface area contributed by atoms with Crippen molar-refractivity contribution in [1.29, 1.82) is 0 Å². The van der Waals surface area contributed by atoms with Crippen LogP contribution in [-0.4, -0.2) is 18.2 Å². The van der Waals surface area contributed by atoms with Crippen LogP contribution in [0.5, 0.6) is 5.75 Å². The number of hydrogen-bond donors (Lipinski definition) is 1. The molecule has 1 aromatic carbocycles. The van der Waals surface area contributed by atoms with E-state index in [9.17, 15) is 4.79 Å². The van der Waals surface area contributed by atoms with Crippen molar-refractivity contribution in [3.8, 4) is 5.75 Å². The Bertz CT molecular complexity index is 473. The van der Waals surface area contributed by atoms with Gasteiger partial charge in [0.05, 0.1) is 7.11 Å². The number of aliphatic carboxylic acids is 1. The minimum Gasteiger partial charge on any atom is -0.496 e. The summed E-state index contributed by atoms with van der Waals surface area (Å²) in [5, 5.41) is 8.66. The summed E-state index contributed by atoms with van der Waals surface area (Å²) in [5.74, 6) is 0.511. The number of carbonyl (C=O) groups is 1. The molecule has 1 N–H and O–H groups in total. The van der Waals surface area contributed by atoms with E-state index >= 15 is 0 Å². The maximum atomic E-state index is 10.5. The highest BCUT2D eigenvalue weighted by atomic mass is 16.5. The number of ether oxygens (including phenoxy) is 1. The van der Waals surface area contributed by atoms with E-state index in [1.54, 1.807) is 7.11 Å². The molecule has 0 aromatic heterocycles. The van der Waals surface area contributed by atoms with Gasteiger partial charge in [0.1, 0.15) is 5.75 Å². The highest BCUT2D eigenvalue weighted by Crippen LogP contribution is 2.29. The average molecular weight is 262 g/mol. The predicted molar refractivity (Wildman–Crippen MR) is 77.6 cm³/mol. The molecule has 0 aliphatic heterocycles. The molecule has 0 saturated carbocycles. The van der Waals surface area contributed by atoms with Gasteiger partial charge in [0, 0.05) is 12.0 Å². The quantitative estimate of drug-likeness (QED) is 0.840. The van der Waals surface area contributed by atoms with Crippen molar-refractivity contribution in [3.63, 3.8) is 0 Å². The Balaban J connectivity index is 3.01. The molecule has 0 fully saturated rings. The Morgan fingerprint density at radius 3 is 2.63 bits per heavy atom. The fraction of sp³-hybridized carbons (Fsp3) is 0.438. The van der Waals surface area contributed by atoms with Gasteiger partial charge in [-0.05, 0) is 42.5 Å². The first-order valence-electron chi connectivity index (χ1n) is 6.52. The molecule has 0 aliphatic carbocycles. The number of carboxylic acid groups (broad SMARTS) is 1. The fourth-order valence-corrected chi connectivity index (χ4v) is 1.91. The largest absolute Gasteiger partial charge is 0.496 e. The Labute approximate surface area is 114 Å². The smallest absolute Gasteiger partial charge is 0.303 e. The lowest BCUT2D eigenvalue weighted by atomic mass is 9.96. The van der Waals surface area contributed by atoms with E-state index in [1.165, 1.54) is 5.56 Å². The first-order chi connectivity index (χ1) is 8.95. The van der Waals surface area contributed by atoms with Crippen LogP contribution < -0.4 is 4.74 Å². The van der Waals surface area contributed by atoms with Crippen LogP contribution in [0.15, 0.2) is 24.3 Å². The molecule has 0 aliphatic rings. The van der Waals surface area contributed by atoms with E-state index in [2.05, 4.69) is 26.0 Å². The second-order valence-electron chi connectivity index (χ2n) is 4.93. The van der Waals surface area contributed by atoms with Gasteiger partial charge in [-0.2, -0.15) is 0 Å². The average Bonchev–Trinajstić information content (AvgIpc) is 2.37. The van der Waals surface area contributed by atoms with Crippen LogP contribution in [0.25, 0.3) is 5.57 Å². The highest BCUT2D eigenvalue weighted by molar-refractivity contribution is 5.71. The summed E-state index contributed by atoms with van der Waals surface area (Å²) in [7, 11) is 1.65. The molecule has 19 heavy (non-hydrogen) atoms. The minimum atomic E-state index is -0.771. The number of rotatable bonds is 6. The summed E-state index contributed by atoms with van der Waals surface area (Å²) < 4.78 is 5.37. The molecule has 0 atom stereocenters. The summed E-state index contributed by atoms with van der Waals surface area (Å²) in [6.45, 7) is 6.29. The van der Waals surface area contributed by atoms with Crippen molar-refractivity contribution >= 4 is 11.5 Å². The summed E-state index contributed by atoms with van der Waals surface area (Å²) in [6.07, 6.45) is 2.65. The van der Waals surface area contributed by atoms with E-state index in [0.29, 0.717) is 12.3 Å². The van der Waals surface area contributed by atoms with Gasteiger partial charge in [-0.3, -0.25) is 4.79 Å².